The van der Waals surface area contributed by atoms with Gasteiger partial charge in [0.1, 0.15) is 11.5 Å². The van der Waals surface area contributed by atoms with Crippen molar-refractivity contribution in [1.29, 1.82) is 0 Å². The van der Waals surface area contributed by atoms with Crippen LogP contribution in [0, 0.1) is 17.8 Å². The number of rotatable bonds is 5. The molecule has 0 spiro atoms. The van der Waals surface area contributed by atoms with Crippen LogP contribution >= 0.6 is 15.9 Å². The Bertz CT molecular complexity index is 1670. The quantitative estimate of drug-likeness (QED) is 0.279. The largest absolute Gasteiger partial charge is 0.508 e. The zero-order chi connectivity index (χ0) is 30.7. The number of piperidine rings is 1. The number of phenols is 1. The predicted octanol–water partition coefficient (Wildman–Crippen LogP) is 4.83. The number of methoxy groups -OCH3 is 1. The first kappa shape index (κ1) is 28.9. The molecule has 4 atom stereocenters. The monoisotopic (exact) mass is 656 g/mol. The van der Waals surface area contributed by atoms with Gasteiger partial charge in [0.2, 0.25) is 11.8 Å². The van der Waals surface area contributed by atoms with Crippen LogP contribution in [0.1, 0.15) is 42.7 Å². The summed E-state index contributed by atoms with van der Waals surface area (Å²) in [7, 11) is 1.49. The smallest absolute Gasteiger partial charge is 0.233 e. The van der Waals surface area contributed by atoms with Gasteiger partial charge in [0.15, 0.2) is 11.6 Å². The third kappa shape index (κ3) is 4.68. The first-order valence-corrected chi connectivity index (χ1v) is 16.0. The summed E-state index contributed by atoms with van der Waals surface area (Å²) in [5.41, 5.74) is 3.50. The molecule has 2 aliphatic heterocycles. The van der Waals surface area contributed by atoms with Gasteiger partial charge in [0.05, 0.1) is 23.4 Å². The Morgan fingerprint density at radius 1 is 0.977 bits per heavy atom. The molecule has 226 valence electrons. The Morgan fingerprint density at radius 2 is 1.73 bits per heavy atom. The number of benzene rings is 2. The molecule has 1 N–H and O–H groups in total. The van der Waals surface area contributed by atoms with Crippen molar-refractivity contribution in [2.45, 2.75) is 44.2 Å². The third-order valence-corrected chi connectivity index (χ3v) is 10.7. The highest BCUT2D eigenvalue weighted by Gasteiger charge is 2.57. The highest BCUT2D eigenvalue weighted by Crippen LogP contribution is 2.56. The average molecular weight is 658 g/mol. The number of Topliss-reactive ketones (excluding diaryl/α,β-unsaturated/α-hetero) is 1. The number of allylic oxidation sites excluding steroid dienone is 6. The Labute approximate surface area is 264 Å². The van der Waals surface area contributed by atoms with Crippen LogP contribution in [0.2, 0.25) is 0 Å². The maximum atomic E-state index is 14.3. The lowest BCUT2D eigenvalue weighted by Crippen LogP contribution is -2.47. The molecule has 5 aliphatic rings. The molecule has 2 heterocycles. The lowest BCUT2D eigenvalue weighted by molar-refractivity contribution is -0.144. The molecule has 0 radical (unpaired) electrons. The van der Waals surface area contributed by atoms with E-state index < -0.39 is 23.7 Å². The summed E-state index contributed by atoms with van der Waals surface area (Å²) in [5.74, 6) is -2.57. The lowest BCUT2D eigenvalue weighted by atomic mass is 9.59. The van der Waals surface area contributed by atoms with Crippen LogP contribution in [-0.2, 0) is 25.7 Å². The molecule has 2 saturated heterocycles. The van der Waals surface area contributed by atoms with Crippen LogP contribution in [0.25, 0.3) is 0 Å². The molecule has 0 saturated carbocycles. The molecule has 3 aliphatic carbocycles. The predicted molar refractivity (Wildman–Crippen MR) is 166 cm³/mol. The fraction of sp³-hybridized carbons (Fsp3) is 0.371. The number of aromatic hydroxyl groups is 1. The summed E-state index contributed by atoms with van der Waals surface area (Å²) < 4.78 is 5.82. The number of halogens is 1. The van der Waals surface area contributed by atoms with Crippen molar-refractivity contribution >= 4 is 39.3 Å². The molecule has 2 aromatic carbocycles. The van der Waals surface area contributed by atoms with Gasteiger partial charge in [0, 0.05) is 60.4 Å². The van der Waals surface area contributed by atoms with Crippen molar-refractivity contribution in [1.82, 2.24) is 9.80 Å². The van der Waals surface area contributed by atoms with E-state index in [1.54, 1.807) is 6.07 Å². The number of fused-ring (bicyclic) bond motifs is 3. The number of ether oxygens (including phenoxy) is 1. The molecule has 0 aromatic heterocycles. The summed E-state index contributed by atoms with van der Waals surface area (Å²) >= 11 is 3.27. The van der Waals surface area contributed by atoms with Crippen LogP contribution in [0.5, 0.6) is 11.5 Å². The number of carbonyl (C=O) groups excluding carboxylic acids is 4. The van der Waals surface area contributed by atoms with Gasteiger partial charge in [-0.2, -0.15) is 0 Å². The Balaban J connectivity index is 1.20. The van der Waals surface area contributed by atoms with Crippen molar-refractivity contribution in [3.05, 3.63) is 93.0 Å². The van der Waals surface area contributed by atoms with Gasteiger partial charge in [-0.25, -0.2) is 0 Å². The van der Waals surface area contributed by atoms with E-state index in [4.69, 9.17) is 4.74 Å². The molecule has 8 nitrogen and oxygen atoms in total. The zero-order valence-electron chi connectivity index (χ0n) is 24.4. The second-order valence-corrected chi connectivity index (χ2v) is 13.2. The number of carbonyl (C=O) groups is 4. The number of ketones is 2. The van der Waals surface area contributed by atoms with E-state index in [-0.39, 0.29) is 46.1 Å². The molecule has 7 rings (SSSR count). The molecule has 2 fully saturated rings. The van der Waals surface area contributed by atoms with E-state index in [2.05, 4.69) is 33.0 Å². The maximum absolute atomic E-state index is 14.3. The number of hydrogen-bond donors (Lipinski definition) is 1. The van der Waals surface area contributed by atoms with Crippen molar-refractivity contribution in [3.8, 4) is 11.5 Å². The van der Waals surface area contributed by atoms with E-state index in [9.17, 15) is 24.3 Å². The average Bonchev–Trinajstić information content (AvgIpc) is 3.29. The van der Waals surface area contributed by atoms with Crippen LogP contribution in [-0.4, -0.2) is 64.5 Å². The third-order valence-electron chi connectivity index (χ3n) is 10.1. The van der Waals surface area contributed by atoms with Crippen molar-refractivity contribution in [2.24, 2.45) is 17.8 Å². The summed E-state index contributed by atoms with van der Waals surface area (Å²) in [5, 5.41) is 10.2. The number of phenolic OH excluding ortho intramolecular Hbond substituents is 1. The van der Waals surface area contributed by atoms with Crippen molar-refractivity contribution < 1.29 is 29.0 Å². The Morgan fingerprint density at radius 3 is 2.45 bits per heavy atom. The summed E-state index contributed by atoms with van der Waals surface area (Å²) in [6.07, 6.45) is 5.38. The molecule has 0 unspecified atom stereocenters. The van der Waals surface area contributed by atoms with Gasteiger partial charge < -0.3 is 9.84 Å². The fourth-order valence-electron chi connectivity index (χ4n) is 8.06. The Hall–Kier alpha value is -3.82. The second-order valence-electron chi connectivity index (χ2n) is 12.4. The topological polar surface area (TPSA) is 104 Å². The highest BCUT2D eigenvalue weighted by molar-refractivity contribution is 9.12. The van der Waals surface area contributed by atoms with Crippen LogP contribution in [0.4, 0.5) is 0 Å². The molecule has 44 heavy (non-hydrogen) atoms. The zero-order valence-corrected chi connectivity index (χ0v) is 26.0. The minimum absolute atomic E-state index is 0.0144. The molecule has 9 heteroatoms. The van der Waals surface area contributed by atoms with Crippen molar-refractivity contribution in [2.75, 3.05) is 20.2 Å². The molecule has 2 amide bonds. The number of amides is 2. The van der Waals surface area contributed by atoms with E-state index in [1.165, 1.54) is 35.8 Å². The highest BCUT2D eigenvalue weighted by atomic mass is 79.9. The number of hydrogen-bond acceptors (Lipinski definition) is 7. The SMILES string of the molecule is COc1cc(O)ccc1[C@H]1C2=CC[C@@H]3C(=O)N(C4CCN(Cc5ccccc5)CC4)C(=O)[C@@H]3[C@@H]2CC2=C1C(=O)C=C(Br)C2=O. The number of nitrogens with zero attached hydrogens (tertiary/aromatic N) is 2. The molecule has 2 aromatic rings. The molecule has 0 bridgehead atoms. The fourth-order valence-corrected chi connectivity index (χ4v) is 8.51. The van der Waals surface area contributed by atoms with Gasteiger partial charge in [-0.1, -0.05) is 48.0 Å². The molecular formula is C35H33BrN2O6. The van der Waals surface area contributed by atoms with Crippen LogP contribution < -0.4 is 4.74 Å². The van der Waals surface area contributed by atoms with E-state index in [1.807, 2.05) is 24.3 Å². The van der Waals surface area contributed by atoms with Gasteiger partial charge in [-0.3, -0.25) is 29.0 Å². The van der Waals surface area contributed by atoms with Gasteiger partial charge in [-0.15, -0.1) is 0 Å². The normalized spacial score (nSPS) is 27.5. The minimum atomic E-state index is -0.633. The minimum Gasteiger partial charge on any atom is -0.508 e. The van der Waals surface area contributed by atoms with E-state index >= 15 is 0 Å². The number of imide groups is 1. The maximum Gasteiger partial charge on any atom is 0.233 e. The Kier molecular flexibility index (Phi) is 7.41. The standard InChI is InChI=1S/C35H33BrN2O6/c1-44-29-15-21(39)7-8-23(29)30-22-9-10-24-31(25(22)16-26-32(30)28(40)17-27(36)33(26)41)35(43)38(34(24)42)20-11-13-37(14-12-20)18-19-5-3-2-4-6-19/h2-9,15,17,20,24-25,30-31,39H,10-14,16,18H2,1H3/t24-,25+,30+,31-/m0/s1. The summed E-state index contributed by atoms with van der Waals surface area (Å²) in [4.78, 5) is 59.1. The molecular weight excluding hydrogens is 624 g/mol. The van der Waals surface area contributed by atoms with E-state index in [0.29, 0.717) is 28.9 Å². The van der Waals surface area contributed by atoms with Crippen LogP contribution in [0.15, 0.2) is 81.9 Å². The lowest BCUT2D eigenvalue weighted by Gasteiger charge is -2.42. The first-order valence-electron chi connectivity index (χ1n) is 15.2. The van der Waals surface area contributed by atoms with Gasteiger partial charge in [-0.05, 0) is 59.2 Å². The van der Waals surface area contributed by atoms with Gasteiger partial charge >= 0.3 is 0 Å². The first-order chi connectivity index (χ1) is 21.3. The van der Waals surface area contributed by atoms with E-state index in [0.717, 1.165) is 38.0 Å². The second kappa shape index (κ2) is 11.3. The summed E-state index contributed by atoms with van der Waals surface area (Å²) in [6.45, 7) is 2.44. The number of likely N-dealkylation sites (tertiary alicyclic amines) is 2. The van der Waals surface area contributed by atoms with Crippen molar-refractivity contribution in [3.63, 3.8) is 0 Å². The van der Waals surface area contributed by atoms with Crippen LogP contribution in [0.3, 0.4) is 0 Å². The van der Waals surface area contributed by atoms with Gasteiger partial charge in [0.25, 0.3) is 0 Å². The summed E-state index contributed by atoms with van der Waals surface area (Å²) in [6, 6.07) is 14.9.